The molecule has 1 heterocycles. The number of amides is 1. The van der Waals surface area contributed by atoms with Crippen LogP contribution >= 0.6 is 23.8 Å². The highest BCUT2D eigenvalue weighted by Crippen LogP contribution is 2.29. The summed E-state index contributed by atoms with van der Waals surface area (Å²) in [6, 6.07) is 20.5. The van der Waals surface area contributed by atoms with E-state index in [2.05, 4.69) is 41.6 Å². The number of nitrogens with zero attached hydrogens (tertiary/aromatic N) is 1. The van der Waals surface area contributed by atoms with Gasteiger partial charge in [0.05, 0.1) is 5.02 Å². The Bertz CT molecular complexity index is 1340. The van der Waals surface area contributed by atoms with Crippen LogP contribution in [0.4, 0.5) is 5.69 Å². The van der Waals surface area contributed by atoms with Gasteiger partial charge in [0.25, 0.3) is 5.91 Å². The first-order valence-electron chi connectivity index (χ1n) is 10.9. The van der Waals surface area contributed by atoms with Crippen molar-refractivity contribution in [3.05, 3.63) is 77.3 Å². The van der Waals surface area contributed by atoms with Crippen molar-refractivity contribution in [2.45, 2.75) is 26.2 Å². The van der Waals surface area contributed by atoms with Crippen LogP contribution in [0.3, 0.4) is 0 Å². The van der Waals surface area contributed by atoms with E-state index in [-0.39, 0.29) is 11.7 Å². The summed E-state index contributed by atoms with van der Waals surface area (Å²) in [6.45, 7) is 4.15. The minimum atomic E-state index is -0.398. The highest BCUT2D eigenvalue weighted by atomic mass is 35.5. The molecule has 0 fully saturated rings. The number of hydrogen-bond acceptors (Lipinski definition) is 5. The van der Waals surface area contributed by atoms with Crippen LogP contribution in [-0.4, -0.2) is 22.6 Å². The van der Waals surface area contributed by atoms with Crippen molar-refractivity contribution in [3.63, 3.8) is 0 Å². The van der Waals surface area contributed by atoms with E-state index in [1.807, 2.05) is 30.3 Å². The zero-order valence-electron chi connectivity index (χ0n) is 18.8. The molecule has 174 valence electrons. The van der Waals surface area contributed by atoms with E-state index in [0.717, 1.165) is 23.1 Å². The molecule has 4 aromatic rings. The summed E-state index contributed by atoms with van der Waals surface area (Å²) in [5.41, 5.74) is 4.29. The highest BCUT2D eigenvalue weighted by molar-refractivity contribution is 7.80. The lowest BCUT2D eigenvalue weighted by Gasteiger charge is -2.11. The zero-order valence-corrected chi connectivity index (χ0v) is 20.4. The van der Waals surface area contributed by atoms with Crippen molar-refractivity contribution < 1.29 is 13.9 Å². The monoisotopic (exact) mass is 493 g/mol. The molecule has 0 spiro atoms. The summed E-state index contributed by atoms with van der Waals surface area (Å²) < 4.78 is 11.4. The van der Waals surface area contributed by atoms with Gasteiger partial charge in [-0.3, -0.25) is 10.1 Å². The van der Waals surface area contributed by atoms with Crippen LogP contribution in [0.15, 0.2) is 71.1 Å². The van der Waals surface area contributed by atoms with Crippen LogP contribution in [0.1, 0.15) is 31.7 Å². The van der Waals surface area contributed by atoms with Crippen LogP contribution in [0.5, 0.6) is 5.75 Å². The Balaban J connectivity index is 1.40. The summed E-state index contributed by atoms with van der Waals surface area (Å²) in [4.78, 5) is 16.8. The maximum Gasteiger partial charge on any atom is 0.264 e. The van der Waals surface area contributed by atoms with Crippen molar-refractivity contribution in [2.75, 3.05) is 11.9 Å². The van der Waals surface area contributed by atoms with E-state index in [1.165, 1.54) is 5.56 Å². The van der Waals surface area contributed by atoms with Crippen molar-refractivity contribution in [1.82, 2.24) is 10.3 Å². The SMILES string of the molecule is CC[C@@H](C)c1ccc2oc(-c3cccc(NC(=S)NC(=O)COc4ccccc4Cl)c3)nc2c1. The molecule has 8 heteroatoms. The molecule has 0 unspecified atom stereocenters. The molecule has 0 saturated carbocycles. The summed E-state index contributed by atoms with van der Waals surface area (Å²) in [5, 5.41) is 6.19. The number of ether oxygens (including phenoxy) is 1. The molecular formula is C26H24ClN3O3S. The molecule has 0 aliphatic heterocycles. The van der Waals surface area contributed by atoms with Crippen LogP contribution in [-0.2, 0) is 4.79 Å². The zero-order chi connectivity index (χ0) is 24.1. The maximum absolute atomic E-state index is 12.2. The lowest BCUT2D eigenvalue weighted by Crippen LogP contribution is -2.37. The third-order valence-electron chi connectivity index (χ3n) is 5.41. The maximum atomic E-state index is 12.2. The minimum absolute atomic E-state index is 0.153. The number of rotatable bonds is 7. The van der Waals surface area contributed by atoms with Gasteiger partial charge in [-0.25, -0.2) is 4.98 Å². The van der Waals surface area contributed by atoms with Crippen molar-refractivity contribution in [3.8, 4) is 17.2 Å². The van der Waals surface area contributed by atoms with Gasteiger partial charge in [-0.15, -0.1) is 0 Å². The molecule has 0 saturated heterocycles. The number of oxazole rings is 1. The number of anilines is 1. The molecule has 1 aromatic heterocycles. The number of aromatic nitrogens is 1. The molecule has 1 amide bonds. The first kappa shape index (κ1) is 23.7. The molecule has 0 aliphatic carbocycles. The third-order valence-corrected chi connectivity index (χ3v) is 5.93. The Morgan fingerprint density at radius 2 is 1.97 bits per heavy atom. The van der Waals surface area contributed by atoms with Gasteiger partial charge in [-0.2, -0.15) is 0 Å². The Morgan fingerprint density at radius 1 is 1.15 bits per heavy atom. The lowest BCUT2D eigenvalue weighted by atomic mass is 9.98. The van der Waals surface area contributed by atoms with E-state index in [4.69, 9.17) is 33.0 Å². The van der Waals surface area contributed by atoms with Gasteiger partial charge in [0.2, 0.25) is 5.89 Å². The number of nitrogens with one attached hydrogen (secondary N) is 2. The molecule has 1 atom stereocenters. The van der Waals surface area contributed by atoms with Gasteiger partial charge in [-0.1, -0.05) is 49.7 Å². The van der Waals surface area contributed by atoms with Crippen molar-refractivity contribution >= 4 is 51.6 Å². The van der Waals surface area contributed by atoms with Gasteiger partial charge >= 0.3 is 0 Å². The number of thiocarbonyl (C=S) groups is 1. The molecule has 34 heavy (non-hydrogen) atoms. The van der Waals surface area contributed by atoms with E-state index < -0.39 is 5.91 Å². The molecule has 2 N–H and O–H groups in total. The average Bonchev–Trinajstić information content (AvgIpc) is 3.26. The van der Waals surface area contributed by atoms with Gasteiger partial charge in [0.15, 0.2) is 17.3 Å². The predicted molar refractivity (Wildman–Crippen MR) is 139 cm³/mol. The second-order valence-electron chi connectivity index (χ2n) is 7.86. The van der Waals surface area contributed by atoms with Crippen molar-refractivity contribution in [2.24, 2.45) is 0 Å². The fourth-order valence-electron chi connectivity index (χ4n) is 3.37. The van der Waals surface area contributed by atoms with Gasteiger partial charge in [0, 0.05) is 11.3 Å². The Morgan fingerprint density at radius 3 is 2.76 bits per heavy atom. The number of para-hydroxylation sites is 1. The minimum Gasteiger partial charge on any atom is -0.482 e. The normalized spacial score (nSPS) is 11.7. The number of benzene rings is 3. The molecule has 0 radical (unpaired) electrons. The van der Waals surface area contributed by atoms with Crippen LogP contribution in [0, 0.1) is 0 Å². The number of carbonyl (C=O) groups is 1. The number of carbonyl (C=O) groups excluding carboxylic acids is 1. The van der Waals surface area contributed by atoms with Gasteiger partial charge in [-0.05, 0) is 72.6 Å². The first-order chi connectivity index (χ1) is 16.4. The smallest absolute Gasteiger partial charge is 0.264 e. The molecular weight excluding hydrogens is 470 g/mol. The summed E-state index contributed by atoms with van der Waals surface area (Å²) >= 11 is 11.3. The highest BCUT2D eigenvalue weighted by Gasteiger charge is 2.12. The van der Waals surface area contributed by atoms with Crippen molar-refractivity contribution in [1.29, 1.82) is 0 Å². The van der Waals surface area contributed by atoms with E-state index in [1.54, 1.807) is 24.3 Å². The standard InChI is InChI=1S/C26H24ClN3O3S/c1-3-16(2)17-11-12-23-21(14-17)29-25(33-23)18-7-6-8-19(13-18)28-26(34)30-24(31)15-32-22-10-5-4-9-20(22)27/h4-14,16H,3,15H2,1-2H3,(H2,28,30,31,34)/t16-/m1/s1. The van der Waals surface area contributed by atoms with E-state index in [0.29, 0.717) is 28.3 Å². The number of fused-ring (bicyclic) bond motifs is 1. The predicted octanol–water partition coefficient (Wildman–Crippen LogP) is 6.55. The van der Waals surface area contributed by atoms with E-state index >= 15 is 0 Å². The molecule has 0 bridgehead atoms. The Kier molecular flexibility index (Phi) is 7.45. The number of halogens is 1. The quantitative estimate of drug-likeness (QED) is 0.284. The fraction of sp³-hybridized carbons (Fsp3) is 0.192. The topological polar surface area (TPSA) is 76.4 Å². The van der Waals surface area contributed by atoms with E-state index in [9.17, 15) is 4.79 Å². The summed E-state index contributed by atoms with van der Waals surface area (Å²) in [7, 11) is 0. The third kappa shape index (κ3) is 5.73. The van der Waals surface area contributed by atoms with Crippen LogP contribution < -0.4 is 15.4 Å². The Labute approximate surface area is 208 Å². The number of hydrogen-bond donors (Lipinski definition) is 2. The first-order valence-corrected chi connectivity index (χ1v) is 11.7. The second-order valence-corrected chi connectivity index (χ2v) is 8.67. The van der Waals surface area contributed by atoms with Gasteiger partial charge < -0.3 is 14.5 Å². The summed E-state index contributed by atoms with van der Waals surface area (Å²) in [6.07, 6.45) is 1.06. The molecule has 0 aliphatic rings. The summed E-state index contributed by atoms with van der Waals surface area (Å²) in [5.74, 6) is 1.01. The van der Waals surface area contributed by atoms with Crippen LogP contribution in [0.25, 0.3) is 22.6 Å². The van der Waals surface area contributed by atoms with Crippen LogP contribution in [0.2, 0.25) is 5.02 Å². The molecule has 3 aromatic carbocycles. The Hall–Kier alpha value is -3.42. The second kappa shape index (κ2) is 10.7. The molecule has 6 nitrogen and oxygen atoms in total. The average molecular weight is 494 g/mol. The largest absolute Gasteiger partial charge is 0.482 e. The molecule has 4 rings (SSSR count). The van der Waals surface area contributed by atoms with Gasteiger partial charge in [0.1, 0.15) is 11.3 Å². The lowest BCUT2D eigenvalue weighted by molar-refractivity contribution is -0.121. The fourth-order valence-corrected chi connectivity index (χ4v) is 3.79.